The molecule has 0 fully saturated rings. The topological polar surface area (TPSA) is 79.4 Å². The molecule has 1 amide bonds. The van der Waals surface area contributed by atoms with Gasteiger partial charge in [0.15, 0.2) is 0 Å². The smallest absolute Gasteiger partial charge is 0.255 e. The van der Waals surface area contributed by atoms with Gasteiger partial charge in [-0.3, -0.25) is 14.1 Å². The van der Waals surface area contributed by atoms with Gasteiger partial charge in [-0.1, -0.05) is 0 Å². The van der Waals surface area contributed by atoms with E-state index < -0.39 is 10.0 Å². The van der Waals surface area contributed by atoms with Crippen LogP contribution >= 0.6 is 0 Å². The number of carbonyl (C=O) groups is 1. The van der Waals surface area contributed by atoms with Gasteiger partial charge in [-0.15, -0.1) is 0 Å². The normalized spacial score (nSPS) is 14.2. The summed E-state index contributed by atoms with van der Waals surface area (Å²) in [6, 6.07) is 8.59. The predicted octanol–water partition coefficient (Wildman–Crippen LogP) is 2.05. The molecule has 1 aliphatic heterocycles. The van der Waals surface area contributed by atoms with E-state index in [9.17, 15) is 13.2 Å². The minimum Gasteiger partial charge on any atom is -0.322 e. The fraction of sp³-hybridized carbons (Fsp3) is 0.250. The molecule has 2 aromatic rings. The van der Waals surface area contributed by atoms with Gasteiger partial charge in [-0.25, -0.2) is 8.42 Å². The van der Waals surface area contributed by atoms with Crippen LogP contribution in [0.2, 0.25) is 0 Å². The Morgan fingerprint density at radius 1 is 1.22 bits per heavy atom. The molecule has 7 heteroatoms. The number of aromatic nitrogens is 1. The number of hydrogen-bond acceptors (Lipinski definition) is 4. The number of benzene rings is 1. The summed E-state index contributed by atoms with van der Waals surface area (Å²) < 4.78 is 25.1. The highest BCUT2D eigenvalue weighted by Crippen LogP contribution is 2.31. The second kappa shape index (κ2) is 6.00. The Hall–Kier alpha value is -2.41. The molecule has 1 aromatic carbocycles. The van der Waals surface area contributed by atoms with E-state index in [1.807, 2.05) is 6.07 Å². The molecule has 0 radical (unpaired) electrons. The molecule has 0 saturated heterocycles. The van der Waals surface area contributed by atoms with Crippen LogP contribution in [0.4, 0.5) is 11.4 Å². The summed E-state index contributed by atoms with van der Waals surface area (Å²) in [6.45, 7) is 0.495. The zero-order chi connectivity index (χ0) is 16.4. The van der Waals surface area contributed by atoms with Crippen molar-refractivity contribution >= 4 is 27.3 Å². The first-order valence-electron chi connectivity index (χ1n) is 7.27. The average Bonchev–Trinajstić information content (AvgIpc) is 2.54. The number of amides is 1. The van der Waals surface area contributed by atoms with Crippen molar-refractivity contribution in [2.45, 2.75) is 12.8 Å². The molecule has 3 rings (SSSR count). The first kappa shape index (κ1) is 15.5. The molecular weight excluding hydrogens is 314 g/mol. The van der Waals surface area contributed by atoms with Gasteiger partial charge >= 0.3 is 0 Å². The van der Waals surface area contributed by atoms with Crippen LogP contribution in [0.25, 0.3) is 0 Å². The zero-order valence-corrected chi connectivity index (χ0v) is 13.5. The van der Waals surface area contributed by atoms with E-state index in [-0.39, 0.29) is 5.91 Å². The van der Waals surface area contributed by atoms with Gasteiger partial charge in [0.25, 0.3) is 5.91 Å². The summed E-state index contributed by atoms with van der Waals surface area (Å²) in [5, 5.41) is 2.83. The third kappa shape index (κ3) is 3.34. The summed E-state index contributed by atoms with van der Waals surface area (Å²) in [4.78, 5) is 16.0. The monoisotopic (exact) mass is 331 g/mol. The summed E-state index contributed by atoms with van der Waals surface area (Å²) in [6.07, 6.45) is 5.89. The largest absolute Gasteiger partial charge is 0.322 e. The molecule has 1 aromatic heterocycles. The number of rotatable bonds is 3. The molecule has 0 aliphatic carbocycles. The molecule has 6 nitrogen and oxygen atoms in total. The standard InChI is InChI=1S/C16H17N3O3S/c1-23(21,22)19-10-2-3-13-11-14(4-5-15(13)19)18-16(20)12-6-8-17-9-7-12/h4-9,11H,2-3,10H2,1H3,(H,18,20). The lowest BCUT2D eigenvalue weighted by Crippen LogP contribution is -2.34. The molecule has 0 saturated carbocycles. The second-order valence-electron chi connectivity index (χ2n) is 5.47. The van der Waals surface area contributed by atoms with Gasteiger partial charge in [0.05, 0.1) is 11.9 Å². The number of nitrogens with zero attached hydrogens (tertiary/aromatic N) is 2. The number of carbonyl (C=O) groups excluding carboxylic acids is 1. The van der Waals surface area contributed by atoms with E-state index in [2.05, 4.69) is 10.3 Å². The molecule has 23 heavy (non-hydrogen) atoms. The Balaban J connectivity index is 1.86. The number of anilines is 2. The summed E-state index contributed by atoms with van der Waals surface area (Å²) in [5.74, 6) is -0.219. The van der Waals surface area contributed by atoms with Gasteiger partial charge in [-0.05, 0) is 48.7 Å². The van der Waals surface area contributed by atoms with Crippen molar-refractivity contribution in [3.8, 4) is 0 Å². The van der Waals surface area contributed by atoms with Crippen LogP contribution in [-0.4, -0.2) is 32.1 Å². The first-order valence-corrected chi connectivity index (χ1v) is 9.12. The molecule has 0 bridgehead atoms. The first-order chi connectivity index (χ1) is 10.9. The number of aryl methyl sites for hydroxylation is 1. The number of pyridine rings is 1. The Kier molecular flexibility index (Phi) is 4.04. The van der Waals surface area contributed by atoms with Gasteiger partial charge < -0.3 is 5.32 Å². The maximum absolute atomic E-state index is 12.2. The third-order valence-electron chi connectivity index (χ3n) is 3.76. The Morgan fingerprint density at radius 2 is 1.96 bits per heavy atom. The average molecular weight is 331 g/mol. The number of nitrogens with one attached hydrogen (secondary N) is 1. The van der Waals surface area contributed by atoms with Gasteiger partial charge in [-0.2, -0.15) is 0 Å². The Morgan fingerprint density at radius 3 is 2.65 bits per heavy atom. The molecule has 0 unspecified atom stereocenters. The lowest BCUT2D eigenvalue weighted by molar-refractivity contribution is 0.102. The van der Waals surface area contributed by atoms with E-state index in [1.54, 1.807) is 36.7 Å². The van der Waals surface area contributed by atoms with Crippen molar-refractivity contribution in [1.29, 1.82) is 0 Å². The molecule has 120 valence electrons. The molecule has 0 spiro atoms. The Labute approximate surface area is 135 Å². The van der Waals surface area contributed by atoms with E-state index in [4.69, 9.17) is 0 Å². The molecule has 0 atom stereocenters. The van der Waals surface area contributed by atoms with Crippen LogP contribution in [0, 0.1) is 0 Å². The highest BCUT2D eigenvalue weighted by molar-refractivity contribution is 7.92. The highest BCUT2D eigenvalue weighted by atomic mass is 32.2. The number of hydrogen-bond donors (Lipinski definition) is 1. The van der Waals surface area contributed by atoms with Crippen LogP contribution in [0.15, 0.2) is 42.7 Å². The molecular formula is C16H17N3O3S. The fourth-order valence-electron chi connectivity index (χ4n) is 2.69. The van der Waals surface area contributed by atoms with Gasteiger partial charge in [0.2, 0.25) is 10.0 Å². The highest BCUT2D eigenvalue weighted by Gasteiger charge is 2.24. The van der Waals surface area contributed by atoms with Crippen molar-refractivity contribution in [2.24, 2.45) is 0 Å². The predicted molar refractivity (Wildman–Crippen MR) is 89.1 cm³/mol. The van der Waals surface area contributed by atoms with E-state index in [0.29, 0.717) is 23.5 Å². The van der Waals surface area contributed by atoms with Crippen LogP contribution in [0.3, 0.4) is 0 Å². The van der Waals surface area contributed by atoms with Crippen molar-refractivity contribution in [2.75, 3.05) is 22.4 Å². The van der Waals surface area contributed by atoms with Crippen LogP contribution in [-0.2, 0) is 16.4 Å². The molecule has 1 aliphatic rings. The molecule has 1 N–H and O–H groups in total. The third-order valence-corrected chi connectivity index (χ3v) is 4.94. The second-order valence-corrected chi connectivity index (χ2v) is 7.38. The van der Waals surface area contributed by atoms with E-state index >= 15 is 0 Å². The minimum atomic E-state index is -3.28. The van der Waals surface area contributed by atoms with Crippen LogP contribution in [0.5, 0.6) is 0 Å². The Bertz CT molecular complexity index is 835. The van der Waals surface area contributed by atoms with E-state index in [1.165, 1.54) is 10.6 Å². The molecule has 2 heterocycles. The fourth-order valence-corrected chi connectivity index (χ4v) is 3.69. The van der Waals surface area contributed by atoms with Crippen molar-refractivity contribution in [1.82, 2.24) is 4.98 Å². The van der Waals surface area contributed by atoms with Crippen molar-refractivity contribution in [3.05, 3.63) is 53.9 Å². The summed E-state index contributed by atoms with van der Waals surface area (Å²) >= 11 is 0. The quantitative estimate of drug-likeness (QED) is 0.933. The summed E-state index contributed by atoms with van der Waals surface area (Å²) in [5.41, 5.74) is 2.80. The van der Waals surface area contributed by atoms with E-state index in [0.717, 1.165) is 18.4 Å². The lowest BCUT2D eigenvalue weighted by Gasteiger charge is -2.29. The number of sulfonamides is 1. The maximum Gasteiger partial charge on any atom is 0.255 e. The minimum absolute atomic E-state index is 0.219. The lowest BCUT2D eigenvalue weighted by atomic mass is 10.0. The maximum atomic E-state index is 12.2. The SMILES string of the molecule is CS(=O)(=O)N1CCCc2cc(NC(=O)c3ccncc3)ccc21. The van der Waals surface area contributed by atoms with Gasteiger partial charge in [0, 0.05) is 30.2 Å². The van der Waals surface area contributed by atoms with Crippen LogP contribution < -0.4 is 9.62 Å². The van der Waals surface area contributed by atoms with Crippen molar-refractivity contribution in [3.63, 3.8) is 0 Å². The number of fused-ring (bicyclic) bond motifs is 1. The van der Waals surface area contributed by atoms with Crippen LogP contribution in [0.1, 0.15) is 22.3 Å². The van der Waals surface area contributed by atoms with Crippen molar-refractivity contribution < 1.29 is 13.2 Å². The van der Waals surface area contributed by atoms with Gasteiger partial charge in [0.1, 0.15) is 0 Å². The zero-order valence-electron chi connectivity index (χ0n) is 12.7. The summed E-state index contributed by atoms with van der Waals surface area (Å²) in [7, 11) is -3.28.